The Balaban J connectivity index is 2.42. The minimum atomic E-state index is -4.71. The second-order valence-corrected chi connectivity index (χ2v) is 6.09. The molecule has 0 heterocycles. The van der Waals surface area contributed by atoms with Crippen LogP contribution in [-0.2, 0) is 6.18 Å². The van der Waals surface area contributed by atoms with Crippen molar-refractivity contribution in [3.05, 3.63) is 69.8 Å². The van der Waals surface area contributed by atoms with E-state index in [9.17, 15) is 22.8 Å². The summed E-state index contributed by atoms with van der Waals surface area (Å²) >= 11 is 0. The smallest absolute Gasteiger partial charge is 0.387 e. The van der Waals surface area contributed by atoms with Gasteiger partial charge in [-0.25, -0.2) is 0 Å². The Kier molecular flexibility index (Phi) is 5.89. The maximum absolute atomic E-state index is 12.9. The van der Waals surface area contributed by atoms with Crippen molar-refractivity contribution in [2.24, 2.45) is 11.5 Å². The Hall–Kier alpha value is -3.60. The molecule has 1 amide bonds. The van der Waals surface area contributed by atoms with Crippen LogP contribution in [0.3, 0.4) is 0 Å². The van der Waals surface area contributed by atoms with Gasteiger partial charge in [-0.3, -0.25) is 15.0 Å². The predicted octanol–water partition coefficient (Wildman–Crippen LogP) is 3.02. The molecule has 5 nitrogen and oxygen atoms in total. The molecule has 0 unspecified atom stereocenters. The number of nitrogens with two attached hydrogens (primary N) is 2. The summed E-state index contributed by atoms with van der Waals surface area (Å²) in [7, 11) is 0. The summed E-state index contributed by atoms with van der Waals surface area (Å²) in [5.74, 6) is 3.61. The zero-order valence-corrected chi connectivity index (χ0v) is 14.8. The predicted molar refractivity (Wildman–Crippen MR) is 98.0 cm³/mol. The van der Waals surface area contributed by atoms with E-state index >= 15 is 0 Å². The number of carbonyl (C=O) groups excluding carboxylic acids is 2. The van der Waals surface area contributed by atoms with E-state index in [0.29, 0.717) is 11.1 Å². The highest BCUT2D eigenvalue weighted by atomic mass is 19.4. The second kappa shape index (κ2) is 7.96. The van der Waals surface area contributed by atoms with Gasteiger partial charge in [-0.15, -0.1) is 0 Å². The number of ketones is 1. The van der Waals surface area contributed by atoms with E-state index in [0.717, 1.165) is 23.8 Å². The van der Waals surface area contributed by atoms with Gasteiger partial charge >= 0.3 is 6.18 Å². The van der Waals surface area contributed by atoms with Crippen LogP contribution in [0.1, 0.15) is 49.4 Å². The van der Waals surface area contributed by atoms with Gasteiger partial charge in [0.1, 0.15) is 0 Å². The van der Waals surface area contributed by atoms with Crippen LogP contribution < -0.4 is 11.5 Å². The number of hydrogen-bond donors (Lipinski definition) is 3. The highest BCUT2D eigenvalue weighted by molar-refractivity contribution is 6.07. The molecule has 0 saturated heterocycles. The van der Waals surface area contributed by atoms with E-state index in [4.69, 9.17) is 16.9 Å². The van der Waals surface area contributed by atoms with Gasteiger partial charge in [0.15, 0.2) is 5.78 Å². The average molecular weight is 387 g/mol. The minimum Gasteiger partial charge on any atom is -0.387 e. The van der Waals surface area contributed by atoms with Gasteiger partial charge in [0.2, 0.25) is 5.91 Å². The molecule has 0 spiro atoms. The summed E-state index contributed by atoms with van der Waals surface area (Å²) in [5.41, 5.74) is 10.2. The van der Waals surface area contributed by atoms with Gasteiger partial charge in [0, 0.05) is 16.7 Å². The van der Waals surface area contributed by atoms with E-state index in [1.54, 1.807) is 19.1 Å². The molecule has 5 N–H and O–H groups in total. The van der Waals surface area contributed by atoms with Crippen LogP contribution in [0.15, 0.2) is 36.4 Å². The summed E-state index contributed by atoms with van der Waals surface area (Å²) in [6.07, 6.45) is -4.93. The van der Waals surface area contributed by atoms with Crippen molar-refractivity contribution in [1.82, 2.24) is 0 Å². The molecule has 0 fully saturated rings. The normalized spacial score (nSPS) is 10.7. The number of hydrogen-bond acceptors (Lipinski definition) is 3. The number of nitrogens with one attached hydrogen (secondary N) is 1. The average Bonchev–Trinajstić information content (AvgIpc) is 2.57. The molecule has 0 radical (unpaired) electrons. The van der Waals surface area contributed by atoms with Crippen molar-refractivity contribution in [1.29, 1.82) is 5.41 Å². The first-order valence-electron chi connectivity index (χ1n) is 7.98. The first kappa shape index (κ1) is 20.7. The Morgan fingerprint density at radius 3 is 2.25 bits per heavy atom. The van der Waals surface area contributed by atoms with Gasteiger partial charge in [-0.1, -0.05) is 11.8 Å². The Morgan fingerprint density at radius 2 is 1.68 bits per heavy atom. The highest BCUT2D eigenvalue weighted by Crippen LogP contribution is 2.32. The maximum atomic E-state index is 12.9. The van der Waals surface area contributed by atoms with Gasteiger partial charge in [-0.05, 0) is 48.9 Å². The van der Waals surface area contributed by atoms with Crippen molar-refractivity contribution in [3.63, 3.8) is 0 Å². The van der Waals surface area contributed by atoms with Crippen molar-refractivity contribution in [2.45, 2.75) is 19.5 Å². The zero-order chi connectivity index (χ0) is 21.1. The molecule has 0 aliphatic heterocycles. The summed E-state index contributed by atoms with van der Waals surface area (Å²) < 4.78 is 38.8. The second-order valence-electron chi connectivity index (χ2n) is 6.09. The van der Waals surface area contributed by atoms with Crippen LogP contribution in [0.4, 0.5) is 13.2 Å². The number of carbonyl (C=O) groups is 2. The Morgan fingerprint density at radius 1 is 1.04 bits per heavy atom. The number of amidine groups is 1. The number of primary amides is 1. The maximum Gasteiger partial charge on any atom is 0.417 e. The van der Waals surface area contributed by atoms with Gasteiger partial charge in [-0.2, -0.15) is 13.2 Å². The number of alkyl halides is 3. The molecule has 2 aromatic rings. The van der Waals surface area contributed by atoms with Crippen LogP contribution in [0.5, 0.6) is 0 Å². The topological polar surface area (TPSA) is 110 Å². The highest BCUT2D eigenvalue weighted by Gasteiger charge is 2.34. The fourth-order valence-electron chi connectivity index (χ4n) is 2.51. The van der Waals surface area contributed by atoms with Crippen molar-refractivity contribution in [2.75, 3.05) is 0 Å². The number of benzene rings is 2. The first-order chi connectivity index (χ1) is 13.0. The third kappa shape index (κ3) is 5.20. The molecule has 0 saturated carbocycles. The fraction of sp³-hybridized carbons (Fsp3) is 0.150. The zero-order valence-electron chi connectivity index (χ0n) is 14.8. The van der Waals surface area contributed by atoms with Crippen LogP contribution >= 0.6 is 0 Å². The lowest BCUT2D eigenvalue weighted by Crippen LogP contribution is -2.18. The van der Waals surface area contributed by atoms with E-state index in [1.165, 1.54) is 6.07 Å². The molecule has 0 atom stereocenters. The first-order valence-corrected chi connectivity index (χ1v) is 7.98. The van der Waals surface area contributed by atoms with Gasteiger partial charge in [0.05, 0.1) is 23.4 Å². The molecular weight excluding hydrogens is 371 g/mol. The molecule has 28 heavy (non-hydrogen) atoms. The molecule has 2 aromatic carbocycles. The van der Waals surface area contributed by atoms with Crippen molar-refractivity contribution < 1.29 is 22.8 Å². The van der Waals surface area contributed by atoms with Crippen LogP contribution in [0.2, 0.25) is 0 Å². The van der Waals surface area contributed by atoms with Gasteiger partial charge in [0.25, 0.3) is 0 Å². The van der Waals surface area contributed by atoms with E-state index in [-0.39, 0.29) is 23.6 Å². The summed E-state index contributed by atoms with van der Waals surface area (Å²) in [5, 5.41) is 7.20. The Labute approximate surface area is 159 Å². The van der Waals surface area contributed by atoms with Crippen LogP contribution in [-0.4, -0.2) is 17.5 Å². The van der Waals surface area contributed by atoms with E-state index in [1.807, 2.05) is 0 Å². The van der Waals surface area contributed by atoms with Crippen molar-refractivity contribution in [3.8, 4) is 11.8 Å². The molecule has 2 rings (SSSR count). The minimum absolute atomic E-state index is 0.167. The molecule has 144 valence electrons. The number of halogens is 3. The third-order valence-electron chi connectivity index (χ3n) is 3.69. The monoisotopic (exact) mass is 387 g/mol. The standard InChI is InChI=1S/C20H16F3N3O2/c1-11-6-13(8-14(7-11)17(27)10-18(24)25)3-2-12-4-5-16(20(21,22)23)15(9-12)19(26)28/h4-9H,10H2,1H3,(H3,24,25)(H2,26,28). The van der Waals surface area contributed by atoms with Crippen LogP contribution in [0.25, 0.3) is 0 Å². The van der Waals surface area contributed by atoms with E-state index in [2.05, 4.69) is 11.8 Å². The molecule has 8 heteroatoms. The lowest BCUT2D eigenvalue weighted by molar-refractivity contribution is -0.137. The molecular formula is C20H16F3N3O2. The van der Waals surface area contributed by atoms with Crippen LogP contribution in [0, 0.1) is 24.2 Å². The number of amides is 1. The number of Topliss-reactive ketones (excluding diaryl/α,β-unsaturated/α-hetero) is 1. The third-order valence-corrected chi connectivity index (χ3v) is 3.69. The Bertz CT molecular complexity index is 1030. The van der Waals surface area contributed by atoms with E-state index < -0.39 is 23.2 Å². The SMILES string of the molecule is Cc1cc(C#Cc2ccc(C(F)(F)F)c(C(N)=O)c2)cc(C(=O)CC(=N)N)c1. The summed E-state index contributed by atoms with van der Waals surface area (Å²) in [4.78, 5) is 23.4. The number of rotatable bonds is 4. The molecule has 0 aromatic heterocycles. The largest absolute Gasteiger partial charge is 0.417 e. The summed E-state index contributed by atoms with van der Waals surface area (Å²) in [6, 6.07) is 7.69. The molecule has 0 aliphatic rings. The number of aryl methyl sites for hydroxylation is 1. The fourth-order valence-corrected chi connectivity index (χ4v) is 2.51. The lowest BCUT2D eigenvalue weighted by Gasteiger charge is -2.10. The van der Waals surface area contributed by atoms with Crippen molar-refractivity contribution >= 4 is 17.5 Å². The van der Waals surface area contributed by atoms with Gasteiger partial charge < -0.3 is 11.5 Å². The molecule has 0 aliphatic carbocycles. The quantitative estimate of drug-likeness (QED) is 0.325. The summed E-state index contributed by atoms with van der Waals surface area (Å²) in [6.45, 7) is 1.75. The molecule has 0 bridgehead atoms. The lowest BCUT2D eigenvalue weighted by atomic mass is 10.0.